The van der Waals surface area contributed by atoms with Crippen molar-refractivity contribution in [1.82, 2.24) is 10.2 Å². The maximum absolute atomic E-state index is 6.14. The molecule has 0 aliphatic heterocycles. The maximum atomic E-state index is 6.14. The van der Waals surface area contributed by atoms with E-state index in [1.54, 1.807) is 0 Å². The molecule has 0 aliphatic carbocycles. The molecule has 1 unspecified atom stereocenters. The lowest BCUT2D eigenvalue weighted by molar-refractivity contribution is 0.385. The zero-order chi connectivity index (χ0) is 15.2. The molecule has 0 fully saturated rings. The van der Waals surface area contributed by atoms with Gasteiger partial charge in [0.2, 0.25) is 5.89 Å². The molecule has 0 saturated carbocycles. The van der Waals surface area contributed by atoms with E-state index in [1.165, 1.54) is 17.3 Å². The summed E-state index contributed by atoms with van der Waals surface area (Å²) in [7, 11) is 0. The third-order valence-corrected chi connectivity index (χ3v) is 4.13. The highest BCUT2D eigenvalue weighted by Gasteiger charge is 2.15. The summed E-state index contributed by atoms with van der Waals surface area (Å²) in [5, 5.41) is 8.68. The van der Waals surface area contributed by atoms with Gasteiger partial charge in [0.1, 0.15) is 0 Å². The van der Waals surface area contributed by atoms with E-state index in [4.69, 9.17) is 10.2 Å². The third kappa shape index (κ3) is 3.96. The van der Waals surface area contributed by atoms with Gasteiger partial charge in [-0.05, 0) is 17.5 Å². The Balaban J connectivity index is 1.58. The summed E-state index contributed by atoms with van der Waals surface area (Å²) in [6.07, 6.45) is 0.686. The first-order valence-corrected chi connectivity index (χ1v) is 8.09. The van der Waals surface area contributed by atoms with Crippen LogP contribution in [0.1, 0.15) is 23.1 Å². The van der Waals surface area contributed by atoms with Gasteiger partial charge in [0.05, 0.1) is 6.04 Å². The Hall–Kier alpha value is -2.11. The SMILES string of the molecule is NC(Cc1ccccc1)c1nnc(SCc2ccccc2)o1. The Morgan fingerprint density at radius 3 is 2.23 bits per heavy atom. The fourth-order valence-corrected chi connectivity index (χ4v) is 2.83. The van der Waals surface area contributed by atoms with E-state index in [9.17, 15) is 0 Å². The van der Waals surface area contributed by atoms with Crippen LogP contribution in [0.2, 0.25) is 0 Å². The average Bonchev–Trinajstić information content (AvgIpc) is 3.04. The second-order valence-electron chi connectivity index (χ2n) is 4.98. The molecule has 112 valence electrons. The smallest absolute Gasteiger partial charge is 0.276 e. The Morgan fingerprint density at radius 2 is 1.55 bits per heavy atom. The Bertz CT molecular complexity index is 700. The van der Waals surface area contributed by atoms with E-state index in [1.807, 2.05) is 48.5 Å². The minimum atomic E-state index is -0.277. The van der Waals surface area contributed by atoms with Crippen LogP contribution in [-0.2, 0) is 12.2 Å². The van der Waals surface area contributed by atoms with Crippen molar-refractivity contribution in [3.05, 3.63) is 77.7 Å². The molecule has 4 nitrogen and oxygen atoms in total. The molecule has 1 aromatic heterocycles. The van der Waals surface area contributed by atoms with Gasteiger partial charge < -0.3 is 10.2 Å². The number of aromatic nitrogens is 2. The highest BCUT2D eigenvalue weighted by molar-refractivity contribution is 7.98. The number of hydrogen-bond donors (Lipinski definition) is 1. The number of thioether (sulfide) groups is 1. The van der Waals surface area contributed by atoms with E-state index in [2.05, 4.69) is 22.3 Å². The molecule has 1 atom stereocenters. The molecule has 2 N–H and O–H groups in total. The topological polar surface area (TPSA) is 64.9 Å². The summed E-state index contributed by atoms with van der Waals surface area (Å²) >= 11 is 1.52. The first-order valence-electron chi connectivity index (χ1n) is 7.11. The van der Waals surface area contributed by atoms with E-state index >= 15 is 0 Å². The summed E-state index contributed by atoms with van der Waals surface area (Å²) in [5.41, 5.74) is 8.52. The Kier molecular flexibility index (Phi) is 4.88. The van der Waals surface area contributed by atoms with Gasteiger partial charge >= 0.3 is 0 Å². The fourth-order valence-electron chi connectivity index (χ4n) is 2.10. The maximum Gasteiger partial charge on any atom is 0.276 e. The molecule has 22 heavy (non-hydrogen) atoms. The van der Waals surface area contributed by atoms with Crippen LogP contribution in [0, 0.1) is 0 Å². The number of nitrogens with zero attached hydrogens (tertiary/aromatic N) is 2. The Morgan fingerprint density at radius 1 is 0.909 bits per heavy atom. The van der Waals surface area contributed by atoms with Gasteiger partial charge in [0.25, 0.3) is 5.22 Å². The van der Waals surface area contributed by atoms with Crippen LogP contribution < -0.4 is 5.73 Å². The van der Waals surface area contributed by atoms with E-state index in [0.717, 1.165) is 11.3 Å². The highest BCUT2D eigenvalue weighted by Crippen LogP contribution is 2.23. The second kappa shape index (κ2) is 7.24. The molecule has 3 aromatic rings. The molecule has 3 rings (SSSR count). The predicted octanol–water partition coefficient (Wildman–Crippen LogP) is 3.60. The molecule has 0 aliphatic rings. The molecule has 0 saturated heterocycles. The molecule has 0 bridgehead atoms. The van der Waals surface area contributed by atoms with Crippen molar-refractivity contribution in [3.63, 3.8) is 0 Å². The van der Waals surface area contributed by atoms with Gasteiger partial charge in [-0.15, -0.1) is 10.2 Å². The van der Waals surface area contributed by atoms with Crippen molar-refractivity contribution in [2.24, 2.45) is 5.73 Å². The minimum Gasteiger partial charge on any atom is -0.414 e. The molecule has 0 spiro atoms. The molecule has 5 heteroatoms. The van der Waals surface area contributed by atoms with Crippen molar-refractivity contribution in [2.75, 3.05) is 0 Å². The summed E-state index contributed by atoms with van der Waals surface area (Å²) in [6.45, 7) is 0. The van der Waals surface area contributed by atoms with Crippen molar-refractivity contribution < 1.29 is 4.42 Å². The van der Waals surface area contributed by atoms with E-state index in [-0.39, 0.29) is 6.04 Å². The fraction of sp³-hybridized carbons (Fsp3) is 0.176. The van der Waals surface area contributed by atoms with E-state index in [0.29, 0.717) is 17.5 Å². The van der Waals surface area contributed by atoms with Crippen LogP contribution in [0.3, 0.4) is 0 Å². The first-order chi connectivity index (χ1) is 10.8. The van der Waals surface area contributed by atoms with Crippen LogP contribution in [0.25, 0.3) is 0 Å². The number of benzene rings is 2. The normalized spacial score (nSPS) is 12.2. The van der Waals surface area contributed by atoms with E-state index < -0.39 is 0 Å². The second-order valence-corrected chi connectivity index (χ2v) is 5.90. The standard InChI is InChI=1S/C17H17N3OS/c18-15(11-13-7-3-1-4-8-13)16-19-20-17(21-16)22-12-14-9-5-2-6-10-14/h1-10,15H,11-12,18H2. The minimum absolute atomic E-state index is 0.277. The summed E-state index contributed by atoms with van der Waals surface area (Å²) in [6, 6.07) is 20.0. The van der Waals surface area contributed by atoms with Gasteiger partial charge in [-0.3, -0.25) is 0 Å². The molecule has 0 amide bonds. The lowest BCUT2D eigenvalue weighted by atomic mass is 10.1. The van der Waals surface area contributed by atoms with Gasteiger partial charge in [-0.25, -0.2) is 0 Å². The molecule has 0 radical (unpaired) electrons. The number of hydrogen-bond acceptors (Lipinski definition) is 5. The number of nitrogens with two attached hydrogens (primary N) is 1. The third-order valence-electron chi connectivity index (χ3n) is 3.24. The van der Waals surface area contributed by atoms with Gasteiger partial charge in [-0.1, -0.05) is 72.4 Å². The molecule has 1 heterocycles. The summed E-state index contributed by atoms with van der Waals surface area (Å²) in [5.74, 6) is 1.29. The summed E-state index contributed by atoms with van der Waals surface area (Å²) < 4.78 is 5.66. The molecular weight excluding hydrogens is 294 g/mol. The predicted molar refractivity (Wildman–Crippen MR) is 87.4 cm³/mol. The molecular formula is C17H17N3OS. The van der Waals surface area contributed by atoms with Crippen molar-refractivity contribution in [1.29, 1.82) is 0 Å². The van der Waals surface area contributed by atoms with Crippen molar-refractivity contribution in [3.8, 4) is 0 Å². The monoisotopic (exact) mass is 311 g/mol. The largest absolute Gasteiger partial charge is 0.414 e. The zero-order valence-corrected chi connectivity index (χ0v) is 12.9. The Labute approximate surface area is 133 Å². The lowest BCUT2D eigenvalue weighted by Crippen LogP contribution is -2.13. The van der Waals surface area contributed by atoms with Crippen LogP contribution in [-0.4, -0.2) is 10.2 Å². The first kappa shape index (κ1) is 14.8. The van der Waals surface area contributed by atoms with Crippen LogP contribution >= 0.6 is 11.8 Å². The highest BCUT2D eigenvalue weighted by atomic mass is 32.2. The lowest BCUT2D eigenvalue weighted by Gasteiger charge is -2.06. The quantitative estimate of drug-likeness (QED) is 0.705. The van der Waals surface area contributed by atoms with Gasteiger partial charge in [-0.2, -0.15) is 0 Å². The van der Waals surface area contributed by atoms with Gasteiger partial charge in [0.15, 0.2) is 0 Å². The number of rotatable bonds is 6. The zero-order valence-electron chi connectivity index (χ0n) is 12.1. The van der Waals surface area contributed by atoms with Crippen LogP contribution in [0.15, 0.2) is 70.3 Å². The van der Waals surface area contributed by atoms with Crippen molar-refractivity contribution in [2.45, 2.75) is 23.4 Å². The molecule has 2 aromatic carbocycles. The summed E-state index contributed by atoms with van der Waals surface area (Å²) in [4.78, 5) is 0. The van der Waals surface area contributed by atoms with Crippen LogP contribution in [0.5, 0.6) is 0 Å². The average molecular weight is 311 g/mol. The van der Waals surface area contributed by atoms with Crippen LogP contribution in [0.4, 0.5) is 0 Å². The van der Waals surface area contributed by atoms with Gasteiger partial charge in [0, 0.05) is 5.75 Å². The van der Waals surface area contributed by atoms with Crippen molar-refractivity contribution >= 4 is 11.8 Å².